The van der Waals surface area contributed by atoms with Crippen molar-refractivity contribution < 1.29 is 17.9 Å². The molecule has 2 unspecified atom stereocenters. The largest absolute Gasteiger partial charge is 0.458 e. The first-order valence-electron chi connectivity index (χ1n) is 6.82. The molecule has 0 spiro atoms. The maximum absolute atomic E-state index is 12.3. The molecule has 0 aliphatic heterocycles. The number of halogens is 1. The first kappa shape index (κ1) is 16.5. The van der Waals surface area contributed by atoms with Crippen LogP contribution in [0.2, 0.25) is 0 Å². The monoisotopic (exact) mass is 375 g/mol. The highest BCUT2D eigenvalue weighted by atomic mass is 79.9. The van der Waals surface area contributed by atoms with Crippen molar-refractivity contribution >= 4 is 31.9 Å². The number of primary sulfonamides is 1. The number of hydrogen-bond acceptors (Lipinski definition) is 4. The van der Waals surface area contributed by atoms with E-state index in [0.29, 0.717) is 10.4 Å². The minimum Gasteiger partial charge on any atom is -0.458 e. The van der Waals surface area contributed by atoms with E-state index in [1.165, 1.54) is 18.2 Å². The molecule has 116 valence electrons. The van der Waals surface area contributed by atoms with Gasteiger partial charge >= 0.3 is 5.97 Å². The fraction of sp³-hybridized carbons (Fsp3) is 0.500. The summed E-state index contributed by atoms with van der Waals surface area (Å²) in [7, 11) is -3.85. The average molecular weight is 376 g/mol. The van der Waals surface area contributed by atoms with Crippen LogP contribution in [0.4, 0.5) is 0 Å². The zero-order chi connectivity index (χ0) is 15.6. The van der Waals surface area contributed by atoms with E-state index in [1.807, 2.05) is 0 Å². The van der Waals surface area contributed by atoms with E-state index in [1.54, 1.807) is 0 Å². The van der Waals surface area contributed by atoms with Gasteiger partial charge in [-0.1, -0.05) is 13.3 Å². The number of benzene rings is 1. The van der Waals surface area contributed by atoms with Gasteiger partial charge in [0.15, 0.2) is 0 Å². The Kier molecular flexibility index (Phi) is 5.06. The van der Waals surface area contributed by atoms with E-state index in [9.17, 15) is 13.2 Å². The van der Waals surface area contributed by atoms with Gasteiger partial charge in [-0.25, -0.2) is 18.4 Å². The Bertz CT molecular complexity index is 644. The first-order valence-corrected chi connectivity index (χ1v) is 9.16. The first-order chi connectivity index (χ1) is 9.79. The summed E-state index contributed by atoms with van der Waals surface area (Å²) in [4.78, 5) is 12.2. The Morgan fingerprint density at radius 3 is 2.62 bits per heavy atom. The predicted octanol–water partition coefficient (Wildman–Crippen LogP) is 2.83. The van der Waals surface area contributed by atoms with E-state index in [2.05, 4.69) is 22.9 Å². The van der Waals surface area contributed by atoms with Crippen LogP contribution < -0.4 is 5.14 Å². The third-order valence-electron chi connectivity index (χ3n) is 3.78. The van der Waals surface area contributed by atoms with Crippen LogP contribution in [-0.2, 0) is 14.8 Å². The molecule has 21 heavy (non-hydrogen) atoms. The van der Waals surface area contributed by atoms with Crippen molar-refractivity contribution in [2.24, 2.45) is 11.1 Å². The highest BCUT2D eigenvalue weighted by Crippen LogP contribution is 2.28. The van der Waals surface area contributed by atoms with Crippen molar-refractivity contribution in [3.63, 3.8) is 0 Å². The van der Waals surface area contributed by atoms with Gasteiger partial charge in [-0.2, -0.15) is 0 Å². The van der Waals surface area contributed by atoms with Crippen LogP contribution in [0, 0.1) is 5.92 Å². The van der Waals surface area contributed by atoms with E-state index in [-0.39, 0.29) is 16.6 Å². The van der Waals surface area contributed by atoms with Crippen molar-refractivity contribution in [3.05, 3.63) is 28.2 Å². The smallest absolute Gasteiger partial charge is 0.339 e. The molecule has 2 atom stereocenters. The molecule has 0 heterocycles. The molecule has 1 saturated carbocycles. The van der Waals surface area contributed by atoms with Gasteiger partial charge in [-0.05, 0) is 59.3 Å². The minimum absolute atomic E-state index is 0.102. The lowest BCUT2D eigenvalue weighted by Gasteiger charge is -2.28. The number of sulfonamides is 1. The molecule has 1 aliphatic carbocycles. The van der Waals surface area contributed by atoms with Crippen molar-refractivity contribution in [2.45, 2.75) is 43.6 Å². The Labute approximate surface area is 133 Å². The standard InChI is InChI=1S/C14H18BrNO4S/c1-9-4-2-3-5-13(9)20-14(17)11-8-10(21(16,18)19)6-7-12(11)15/h6-9,13H,2-5H2,1H3,(H2,16,18,19). The van der Waals surface area contributed by atoms with Gasteiger partial charge in [0.1, 0.15) is 6.10 Å². The highest BCUT2D eigenvalue weighted by Gasteiger charge is 2.26. The van der Waals surface area contributed by atoms with Gasteiger partial charge in [0.2, 0.25) is 10.0 Å². The molecule has 0 radical (unpaired) electrons. The van der Waals surface area contributed by atoms with Crippen LogP contribution in [0.1, 0.15) is 43.0 Å². The van der Waals surface area contributed by atoms with E-state index >= 15 is 0 Å². The Morgan fingerprint density at radius 2 is 2.00 bits per heavy atom. The average Bonchev–Trinajstić information content (AvgIpc) is 2.40. The van der Waals surface area contributed by atoms with Crippen molar-refractivity contribution in [1.29, 1.82) is 0 Å². The summed E-state index contributed by atoms with van der Waals surface area (Å²) < 4.78 is 28.8. The van der Waals surface area contributed by atoms with E-state index in [0.717, 1.165) is 25.7 Å². The summed E-state index contributed by atoms with van der Waals surface area (Å²) in [6, 6.07) is 4.08. The lowest BCUT2D eigenvalue weighted by molar-refractivity contribution is 0.00469. The van der Waals surface area contributed by atoms with E-state index < -0.39 is 16.0 Å². The normalized spacial score (nSPS) is 22.8. The highest BCUT2D eigenvalue weighted by molar-refractivity contribution is 9.10. The topological polar surface area (TPSA) is 86.5 Å². The molecule has 0 amide bonds. The molecule has 1 aromatic rings. The van der Waals surface area contributed by atoms with Crippen molar-refractivity contribution in [3.8, 4) is 0 Å². The zero-order valence-electron chi connectivity index (χ0n) is 11.7. The SMILES string of the molecule is CC1CCCCC1OC(=O)c1cc(S(N)(=O)=O)ccc1Br. The van der Waals surface area contributed by atoms with Crippen LogP contribution in [0.15, 0.2) is 27.6 Å². The van der Waals surface area contributed by atoms with Crippen molar-refractivity contribution in [2.75, 3.05) is 0 Å². The number of carbonyl (C=O) groups is 1. The Hall–Kier alpha value is -0.920. The number of nitrogens with two attached hydrogens (primary N) is 1. The number of ether oxygens (including phenoxy) is 1. The Morgan fingerprint density at radius 1 is 1.33 bits per heavy atom. The second-order valence-electron chi connectivity index (χ2n) is 5.39. The molecule has 0 bridgehead atoms. The molecule has 5 nitrogen and oxygen atoms in total. The third kappa shape index (κ3) is 4.05. The predicted molar refractivity (Wildman–Crippen MR) is 82.4 cm³/mol. The van der Waals surface area contributed by atoms with Crippen LogP contribution in [0.3, 0.4) is 0 Å². The molecular formula is C14H18BrNO4S. The van der Waals surface area contributed by atoms with Gasteiger partial charge in [0.05, 0.1) is 10.5 Å². The number of hydrogen-bond donors (Lipinski definition) is 1. The molecule has 0 saturated heterocycles. The quantitative estimate of drug-likeness (QED) is 0.822. The molecule has 0 aromatic heterocycles. The lowest BCUT2D eigenvalue weighted by Crippen LogP contribution is -2.28. The van der Waals surface area contributed by atoms with Gasteiger partial charge < -0.3 is 4.74 Å². The van der Waals surface area contributed by atoms with E-state index in [4.69, 9.17) is 9.88 Å². The van der Waals surface area contributed by atoms with Crippen LogP contribution in [0.25, 0.3) is 0 Å². The van der Waals surface area contributed by atoms with Crippen molar-refractivity contribution in [1.82, 2.24) is 0 Å². The molecule has 2 rings (SSSR count). The number of rotatable bonds is 3. The maximum Gasteiger partial charge on any atom is 0.339 e. The summed E-state index contributed by atoms with van der Waals surface area (Å²) in [6.07, 6.45) is 3.97. The maximum atomic E-state index is 12.3. The summed E-state index contributed by atoms with van der Waals surface area (Å²) in [5.41, 5.74) is 0.180. The molecule has 1 aromatic carbocycles. The van der Waals surface area contributed by atoms with Gasteiger partial charge in [-0.15, -0.1) is 0 Å². The second-order valence-corrected chi connectivity index (χ2v) is 7.81. The Balaban J connectivity index is 2.22. The minimum atomic E-state index is -3.85. The number of esters is 1. The van der Waals surface area contributed by atoms with Gasteiger partial charge in [0, 0.05) is 4.47 Å². The summed E-state index contributed by atoms with van der Waals surface area (Å²) >= 11 is 3.24. The lowest BCUT2D eigenvalue weighted by atomic mass is 9.88. The van der Waals surface area contributed by atoms with Gasteiger partial charge in [-0.3, -0.25) is 0 Å². The number of carbonyl (C=O) groups excluding carboxylic acids is 1. The second kappa shape index (κ2) is 6.46. The summed E-state index contributed by atoms with van der Waals surface area (Å²) in [5.74, 6) is -0.200. The van der Waals surface area contributed by atoms with Crippen LogP contribution in [0.5, 0.6) is 0 Å². The zero-order valence-corrected chi connectivity index (χ0v) is 14.1. The molecule has 1 fully saturated rings. The summed E-state index contributed by atoms with van der Waals surface area (Å²) in [5, 5.41) is 5.09. The fourth-order valence-electron chi connectivity index (χ4n) is 2.50. The molecule has 1 aliphatic rings. The molecule has 7 heteroatoms. The van der Waals surface area contributed by atoms with Crippen LogP contribution >= 0.6 is 15.9 Å². The van der Waals surface area contributed by atoms with Gasteiger partial charge in [0.25, 0.3) is 0 Å². The third-order valence-corrected chi connectivity index (χ3v) is 5.38. The molecule has 2 N–H and O–H groups in total. The summed E-state index contributed by atoms with van der Waals surface area (Å²) in [6.45, 7) is 2.06. The van der Waals surface area contributed by atoms with Crippen LogP contribution in [-0.4, -0.2) is 20.5 Å². The fourth-order valence-corrected chi connectivity index (χ4v) is 3.44. The molecular weight excluding hydrogens is 358 g/mol.